The molecular weight excluding hydrogens is 358 g/mol. The molecule has 1 aliphatic rings. The van der Waals surface area contributed by atoms with Crippen LogP contribution in [0, 0.1) is 0 Å². The number of anilines is 1. The summed E-state index contributed by atoms with van der Waals surface area (Å²) in [4.78, 5) is 29.7. The standard InChI is InChI=1S/C21H27N3O2S/c25-20(11-10-19-8-5-17-27-19)22-12-4-9-21(26)24-15-13-23(14-16-24)18-6-2-1-3-7-18/h1-3,5-8,17H,4,9-16H2,(H,22,25). The fraction of sp³-hybridized carbons (Fsp3) is 0.429. The third kappa shape index (κ3) is 6.10. The number of rotatable bonds is 8. The summed E-state index contributed by atoms with van der Waals surface area (Å²) in [6.07, 6.45) is 2.49. The van der Waals surface area contributed by atoms with Crippen LogP contribution in [-0.4, -0.2) is 49.4 Å². The Kier molecular flexibility index (Phi) is 7.27. The smallest absolute Gasteiger partial charge is 0.222 e. The Bertz CT molecular complexity index is 710. The maximum atomic E-state index is 12.4. The van der Waals surface area contributed by atoms with Gasteiger partial charge in [-0.05, 0) is 36.4 Å². The summed E-state index contributed by atoms with van der Waals surface area (Å²) in [5, 5.41) is 4.94. The van der Waals surface area contributed by atoms with Crippen LogP contribution in [0.5, 0.6) is 0 Å². The molecule has 2 amide bonds. The van der Waals surface area contributed by atoms with E-state index in [0.29, 0.717) is 25.8 Å². The number of hydrogen-bond donors (Lipinski definition) is 1. The molecule has 0 atom stereocenters. The van der Waals surface area contributed by atoms with E-state index in [0.717, 1.165) is 32.6 Å². The van der Waals surface area contributed by atoms with Crippen LogP contribution < -0.4 is 10.2 Å². The molecule has 27 heavy (non-hydrogen) atoms. The number of nitrogens with zero attached hydrogens (tertiary/aromatic N) is 2. The Morgan fingerprint density at radius 3 is 2.44 bits per heavy atom. The zero-order valence-electron chi connectivity index (χ0n) is 15.6. The van der Waals surface area contributed by atoms with Gasteiger partial charge in [-0.1, -0.05) is 24.3 Å². The molecule has 1 N–H and O–H groups in total. The number of hydrogen-bond acceptors (Lipinski definition) is 4. The molecule has 144 valence electrons. The number of thiophene rings is 1. The molecule has 1 saturated heterocycles. The van der Waals surface area contributed by atoms with Crippen molar-refractivity contribution in [3.8, 4) is 0 Å². The number of nitrogens with one attached hydrogen (secondary N) is 1. The number of benzene rings is 1. The molecule has 0 unspecified atom stereocenters. The first-order valence-electron chi connectivity index (χ1n) is 9.59. The molecule has 0 radical (unpaired) electrons. The summed E-state index contributed by atoms with van der Waals surface area (Å²) in [5.74, 6) is 0.253. The van der Waals surface area contributed by atoms with Gasteiger partial charge in [0, 0.05) is 56.1 Å². The highest BCUT2D eigenvalue weighted by atomic mass is 32.1. The number of para-hydroxylation sites is 1. The van der Waals surface area contributed by atoms with Crippen molar-refractivity contribution in [3.63, 3.8) is 0 Å². The van der Waals surface area contributed by atoms with Gasteiger partial charge in [0.15, 0.2) is 0 Å². The van der Waals surface area contributed by atoms with E-state index in [1.807, 2.05) is 40.6 Å². The van der Waals surface area contributed by atoms with Gasteiger partial charge in [0.2, 0.25) is 11.8 Å². The fourth-order valence-electron chi connectivity index (χ4n) is 3.26. The highest BCUT2D eigenvalue weighted by Gasteiger charge is 2.20. The molecule has 1 fully saturated rings. The minimum absolute atomic E-state index is 0.0623. The van der Waals surface area contributed by atoms with Crippen molar-refractivity contribution in [2.45, 2.75) is 25.7 Å². The molecule has 3 rings (SSSR count). The van der Waals surface area contributed by atoms with Gasteiger partial charge in [-0.15, -0.1) is 11.3 Å². The first kappa shape index (κ1) is 19.4. The van der Waals surface area contributed by atoms with Crippen molar-refractivity contribution >= 4 is 28.8 Å². The average molecular weight is 386 g/mol. The Balaban J connectivity index is 1.28. The van der Waals surface area contributed by atoms with E-state index in [-0.39, 0.29) is 11.8 Å². The van der Waals surface area contributed by atoms with Crippen LogP contribution in [0.2, 0.25) is 0 Å². The largest absolute Gasteiger partial charge is 0.368 e. The maximum Gasteiger partial charge on any atom is 0.222 e. The Morgan fingerprint density at radius 2 is 1.74 bits per heavy atom. The van der Waals surface area contributed by atoms with E-state index in [4.69, 9.17) is 0 Å². The molecule has 2 aromatic rings. The monoisotopic (exact) mass is 385 g/mol. The van der Waals surface area contributed by atoms with Gasteiger partial charge in [-0.25, -0.2) is 0 Å². The number of amides is 2. The zero-order chi connectivity index (χ0) is 18.9. The molecule has 5 nitrogen and oxygen atoms in total. The minimum Gasteiger partial charge on any atom is -0.368 e. The van der Waals surface area contributed by atoms with Crippen LogP contribution in [0.25, 0.3) is 0 Å². The van der Waals surface area contributed by atoms with E-state index in [9.17, 15) is 9.59 Å². The minimum atomic E-state index is 0.0623. The van der Waals surface area contributed by atoms with Crippen molar-refractivity contribution < 1.29 is 9.59 Å². The zero-order valence-corrected chi connectivity index (χ0v) is 16.4. The molecule has 0 spiro atoms. The quantitative estimate of drug-likeness (QED) is 0.711. The van der Waals surface area contributed by atoms with Crippen LogP contribution in [0.1, 0.15) is 24.1 Å². The van der Waals surface area contributed by atoms with Crippen LogP contribution >= 0.6 is 11.3 Å². The molecular formula is C21H27N3O2S. The van der Waals surface area contributed by atoms with E-state index >= 15 is 0 Å². The molecule has 0 aliphatic carbocycles. The Labute approximate surface area is 165 Å². The summed E-state index contributed by atoms with van der Waals surface area (Å²) in [6, 6.07) is 14.4. The summed E-state index contributed by atoms with van der Waals surface area (Å²) < 4.78 is 0. The molecule has 1 aliphatic heterocycles. The maximum absolute atomic E-state index is 12.4. The lowest BCUT2D eigenvalue weighted by Gasteiger charge is -2.36. The van der Waals surface area contributed by atoms with Crippen molar-refractivity contribution in [2.24, 2.45) is 0 Å². The Morgan fingerprint density at radius 1 is 0.963 bits per heavy atom. The first-order chi connectivity index (χ1) is 13.2. The van der Waals surface area contributed by atoms with Gasteiger partial charge < -0.3 is 15.1 Å². The number of piperazine rings is 1. The van der Waals surface area contributed by atoms with E-state index in [2.05, 4.69) is 22.3 Å². The van der Waals surface area contributed by atoms with Gasteiger partial charge in [0.05, 0.1) is 0 Å². The lowest BCUT2D eigenvalue weighted by molar-refractivity contribution is -0.131. The predicted octanol–water partition coefficient (Wildman–Crippen LogP) is 2.93. The first-order valence-corrected chi connectivity index (χ1v) is 10.5. The number of aryl methyl sites for hydroxylation is 1. The normalized spacial score (nSPS) is 14.2. The lowest BCUT2D eigenvalue weighted by atomic mass is 10.2. The fourth-order valence-corrected chi connectivity index (χ4v) is 3.97. The van der Waals surface area contributed by atoms with Crippen LogP contribution in [0.3, 0.4) is 0 Å². The van der Waals surface area contributed by atoms with Crippen LogP contribution in [0.15, 0.2) is 47.8 Å². The molecule has 2 heterocycles. The summed E-state index contributed by atoms with van der Waals surface area (Å²) in [5.41, 5.74) is 1.22. The highest BCUT2D eigenvalue weighted by molar-refractivity contribution is 7.09. The van der Waals surface area contributed by atoms with Gasteiger partial charge in [-0.2, -0.15) is 0 Å². The van der Waals surface area contributed by atoms with Gasteiger partial charge in [0.25, 0.3) is 0 Å². The summed E-state index contributed by atoms with van der Waals surface area (Å²) in [6.45, 7) is 3.84. The van der Waals surface area contributed by atoms with E-state index in [1.165, 1.54) is 10.6 Å². The molecule has 1 aromatic carbocycles. The second kappa shape index (κ2) is 10.1. The topological polar surface area (TPSA) is 52.7 Å². The third-order valence-electron chi connectivity index (χ3n) is 4.82. The molecule has 0 saturated carbocycles. The SMILES string of the molecule is O=C(CCc1cccs1)NCCCC(=O)N1CCN(c2ccccc2)CC1. The molecule has 6 heteroatoms. The molecule has 1 aromatic heterocycles. The number of carbonyl (C=O) groups is 2. The Hall–Kier alpha value is -2.34. The van der Waals surface area contributed by atoms with Crippen molar-refractivity contribution in [2.75, 3.05) is 37.6 Å². The summed E-state index contributed by atoms with van der Waals surface area (Å²) in [7, 11) is 0. The van der Waals surface area contributed by atoms with Crippen molar-refractivity contribution in [3.05, 3.63) is 52.7 Å². The lowest BCUT2D eigenvalue weighted by Crippen LogP contribution is -2.48. The third-order valence-corrected chi connectivity index (χ3v) is 5.76. The van der Waals surface area contributed by atoms with Crippen LogP contribution in [-0.2, 0) is 16.0 Å². The van der Waals surface area contributed by atoms with Gasteiger partial charge in [0.1, 0.15) is 0 Å². The van der Waals surface area contributed by atoms with E-state index in [1.54, 1.807) is 11.3 Å². The molecule has 0 bridgehead atoms. The summed E-state index contributed by atoms with van der Waals surface area (Å²) >= 11 is 1.68. The van der Waals surface area contributed by atoms with Crippen molar-refractivity contribution in [1.82, 2.24) is 10.2 Å². The predicted molar refractivity (Wildman–Crippen MR) is 110 cm³/mol. The average Bonchev–Trinajstić information content (AvgIpc) is 3.24. The van der Waals surface area contributed by atoms with Gasteiger partial charge in [-0.3, -0.25) is 9.59 Å². The highest BCUT2D eigenvalue weighted by Crippen LogP contribution is 2.16. The van der Waals surface area contributed by atoms with Crippen molar-refractivity contribution in [1.29, 1.82) is 0 Å². The van der Waals surface area contributed by atoms with Gasteiger partial charge >= 0.3 is 0 Å². The van der Waals surface area contributed by atoms with Crippen LogP contribution in [0.4, 0.5) is 5.69 Å². The number of carbonyl (C=O) groups excluding carboxylic acids is 2. The second-order valence-electron chi connectivity index (χ2n) is 6.74. The van der Waals surface area contributed by atoms with E-state index < -0.39 is 0 Å². The second-order valence-corrected chi connectivity index (χ2v) is 7.77.